The summed E-state index contributed by atoms with van der Waals surface area (Å²) in [7, 11) is 1.46. The van der Waals surface area contributed by atoms with Crippen LogP contribution in [0.1, 0.15) is 36.2 Å². The number of amides is 1. The summed E-state index contributed by atoms with van der Waals surface area (Å²) in [6.07, 6.45) is 0.794. The summed E-state index contributed by atoms with van der Waals surface area (Å²) in [5.41, 5.74) is 0.913. The smallest absolute Gasteiger partial charge is 0.262 e. The quantitative estimate of drug-likeness (QED) is 0.830. The molecule has 0 saturated carbocycles. The monoisotopic (exact) mass is 367 g/mol. The summed E-state index contributed by atoms with van der Waals surface area (Å²) < 4.78 is 23.3. The molecule has 0 aromatic heterocycles. The Bertz CT molecular complexity index is 601. The summed E-state index contributed by atoms with van der Waals surface area (Å²) in [5.74, 6) is -0.313. The van der Waals surface area contributed by atoms with Crippen molar-refractivity contribution in [2.45, 2.75) is 38.1 Å². The van der Waals surface area contributed by atoms with Crippen LogP contribution in [0.2, 0.25) is 0 Å². The van der Waals surface area contributed by atoms with Gasteiger partial charge in [0.2, 0.25) is 0 Å². The summed E-state index contributed by atoms with van der Waals surface area (Å²) in [4.78, 5) is 11.9. The second kappa shape index (κ2) is 6.24. The lowest BCUT2D eigenvalue weighted by Gasteiger charge is -2.13. The predicted octanol–water partition coefficient (Wildman–Crippen LogP) is 3.21. The van der Waals surface area contributed by atoms with Gasteiger partial charge in [0.05, 0.1) is 4.90 Å². The van der Waals surface area contributed by atoms with Crippen molar-refractivity contribution in [3.05, 3.63) is 27.7 Å². The molecule has 1 N–H and O–H groups in total. The molecule has 19 heavy (non-hydrogen) atoms. The van der Waals surface area contributed by atoms with E-state index in [1.54, 1.807) is 13.0 Å². The predicted molar refractivity (Wildman–Crippen MR) is 79.1 cm³/mol. The molecule has 0 aliphatic carbocycles. The molecule has 106 valence electrons. The van der Waals surface area contributed by atoms with Crippen LogP contribution in [0, 0.1) is 6.92 Å². The normalized spacial score (nSPS) is 13.1. The van der Waals surface area contributed by atoms with E-state index in [1.165, 1.54) is 6.07 Å². The third kappa shape index (κ3) is 4.19. The Morgan fingerprint density at radius 2 is 2.05 bits per heavy atom. The summed E-state index contributed by atoms with van der Waals surface area (Å²) >= 11 is 3.17. The number of rotatable bonds is 4. The number of aryl methyl sites for hydroxylation is 1. The summed E-state index contributed by atoms with van der Waals surface area (Å²) in [6.45, 7) is 5.53. The van der Waals surface area contributed by atoms with Gasteiger partial charge in [-0.05, 0) is 53.9 Å². The van der Waals surface area contributed by atoms with Gasteiger partial charge in [-0.15, -0.1) is 0 Å². The van der Waals surface area contributed by atoms with E-state index in [4.69, 9.17) is 10.7 Å². The lowest BCUT2D eigenvalue weighted by Crippen LogP contribution is -2.32. The number of benzene rings is 1. The third-order valence-corrected chi connectivity index (χ3v) is 5.40. The van der Waals surface area contributed by atoms with Crippen molar-refractivity contribution in [3.63, 3.8) is 0 Å². The van der Waals surface area contributed by atoms with Gasteiger partial charge in [0.25, 0.3) is 15.0 Å². The summed E-state index contributed by atoms with van der Waals surface area (Å²) in [5, 5.41) is 2.78. The molecule has 1 aromatic carbocycles. The Kier molecular flexibility index (Phi) is 5.41. The van der Waals surface area contributed by atoms with Gasteiger partial charge in [0.15, 0.2) is 0 Å². The van der Waals surface area contributed by atoms with Crippen molar-refractivity contribution in [1.82, 2.24) is 5.32 Å². The minimum atomic E-state index is -3.90. The maximum Gasteiger partial charge on any atom is 0.262 e. The van der Waals surface area contributed by atoms with Gasteiger partial charge in [0, 0.05) is 26.8 Å². The Balaban J connectivity index is 3.25. The van der Waals surface area contributed by atoms with Crippen LogP contribution >= 0.6 is 26.6 Å². The molecule has 0 bridgehead atoms. The van der Waals surface area contributed by atoms with Crippen molar-refractivity contribution in [1.29, 1.82) is 0 Å². The second-order valence-corrected chi connectivity index (χ2v) is 7.65. The van der Waals surface area contributed by atoms with Gasteiger partial charge in [-0.2, -0.15) is 0 Å². The molecule has 4 nitrogen and oxygen atoms in total. The molecule has 7 heteroatoms. The number of carbonyl (C=O) groups is 1. The molecule has 0 aliphatic rings. The van der Waals surface area contributed by atoms with Crippen molar-refractivity contribution < 1.29 is 13.2 Å². The molecule has 1 unspecified atom stereocenters. The van der Waals surface area contributed by atoms with Gasteiger partial charge in [0.1, 0.15) is 0 Å². The van der Waals surface area contributed by atoms with E-state index in [0.717, 1.165) is 6.42 Å². The highest BCUT2D eigenvalue weighted by molar-refractivity contribution is 9.10. The highest BCUT2D eigenvalue weighted by Gasteiger charge is 2.20. The van der Waals surface area contributed by atoms with Crippen LogP contribution < -0.4 is 5.32 Å². The number of hydrogen-bond acceptors (Lipinski definition) is 3. The summed E-state index contributed by atoms with van der Waals surface area (Å²) in [6, 6.07) is 2.91. The largest absolute Gasteiger partial charge is 0.350 e. The molecule has 1 atom stereocenters. The van der Waals surface area contributed by atoms with Crippen LogP contribution in [-0.2, 0) is 9.05 Å². The first-order valence-corrected chi connectivity index (χ1v) is 8.82. The Hall–Kier alpha value is -0.590. The van der Waals surface area contributed by atoms with Gasteiger partial charge in [-0.25, -0.2) is 8.42 Å². The van der Waals surface area contributed by atoms with Crippen molar-refractivity contribution >= 4 is 41.6 Å². The molecular weight excluding hydrogens is 354 g/mol. The van der Waals surface area contributed by atoms with Crippen molar-refractivity contribution in [2.75, 3.05) is 0 Å². The zero-order valence-electron chi connectivity index (χ0n) is 10.8. The molecule has 0 radical (unpaired) electrons. The van der Waals surface area contributed by atoms with Gasteiger partial charge >= 0.3 is 0 Å². The van der Waals surface area contributed by atoms with Crippen LogP contribution in [0.3, 0.4) is 0 Å². The first-order valence-electron chi connectivity index (χ1n) is 5.72. The zero-order valence-corrected chi connectivity index (χ0v) is 14.0. The van der Waals surface area contributed by atoms with Crippen molar-refractivity contribution in [3.8, 4) is 0 Å². The van der Waals surface area contributed by atoms with Gasteiger partial charge < -0.3 is 5.32 Å². The maximum absolute atomic E-state index is 12.0. The topological polar surface area (TPSA) is 63.2 Å². The number of nitrogens with one attached hydrogen (secondary N) is 1. The van der Waals surface area contributed by atoms with E-state index >= 15 is 0 Å². The lowest BCUT2D eigenvalue weighted by atomic mass is 10.1. The molecule has 0 spiro atoms. The molecule has 1 amide bonds. The highest BCUT2D eigenvalue weighted by atomic mass is 79.9. The molecule has 0 saturated heterocycles. The van der Waals surface area contributed by atoms with Gasteiger partial charge in [-0.1, -0.05) is 6.92 Å². The minimum Gasteiger partial charge on any atom is -0.350 e. The second-order valence-electron chi connectivity index (χ2n) is 4.33. The van der Waals surface area contributed by atoms with E-state index in [2.05, 4.69) is 21.2 Å². The van der Waals surface area contributed by atoms with E-state index in [-0.39, 0.29) is 22.4 Å². The van der Waals surface area contributed by atoms with E-state index < -0.39 is 9.05 Å². The van der Waals surface area contributed by atoms with Crippen LogP contribution in [0.4, 0.5) is 0 Å². The Labute approximate surface area is 126 Å². The number of hydrogen-bond donors (Lipinski definition) is 1. The Morgan fingerprint density at radius 3 is 2.53 bits per heavy atom. The minimum absolute atomic E-state index is 0.0208. The fourth-order valence-electron chi connectivity index (χ4n) is 1.45. The molecule has 1 aromatic rings. The fraction of sp³-hybridized carbons (Fsp3) is 0.417. The average molecular weight is 369 g/mol. The molecular formula is C12H15BrClNO3S. The van der Waals surface area contributed by atoms with Crippen LogP contribution in [0.5, 0.6) is 0 Å². The lowest BCUT2D eigenvalue weighted by molar-refractivity contribution is 0.0939. The number of halogens is 2. The van der Waals surface area contributed by atoms with E-state index in [0.29, 0.717) is 10.0 Å². The van der Waals surface area contributed by atoms with Crippen LogP contribution in [0.25, 0.3) is 0 Å². The average Bonchev–Trinajstić information content (AvgIpc) is 2.30. The van der Waals surface area contributed by atoms with E-state index in [9.17, 15) is 13.2 Å². The first-order chi connectivity index (χ1) is 8.66. The van der Waals surface area contributed by atoms with Crippen molar-refractivity contribution in [2.24, 2.45) is 0 Å². The molecule has 0 aliphatic heterocycles. The fourth-order valence-corrected chi connectivity index (χ4v) is 3.61. The molecule has 1 rings (SSSR count). The highest BCUT2D eigenvalue weighted by Crippen LogP contribution is 2.29. The van der Waals surface area contributed by atoms with Crippen LogP contribution in [-0.4, -0.2) is 20.4 Å². The Morgan fingerprint density at radius 1 is 1.47 bits per heavy atom. The molecule has 0 fully saturated rings. The maximum atomic E-state index is 12.0. The van der Waals surface area contributed by atoms with E-state index in [1.807, 2.05) is 13.8 Å². The van der Waals surface area contributed by atoms with Crippen LogP contribution in [0.15, 0.2) is 21.5 Å². The SMILES string of the molecule is CCC(C)NC(=O)c1cc(C)c(Br)c(S(=O)(=O)Cl)c1. The third-order valence-electron chi connectivity index (χ3n) is 2.74. The standard InChI is InChI=1S/C12H15BrClNO3S/c1-4-8(3)15-12(16)9-5-7(2)11(13)10(6-9)19(14,17)18/h5-6,8H,4H2,1-3H3,(H,15,16). The number of carbonyl (C=O) groups excluding carboxylic acids is 1. The zero-order chi connectivity index (χ0) is 14.8. The van der Waals surface area contributed by atoms with Gasteiger partial charge in [-0.3, -0.25) is 4.79 Å². The first kappa shape index (κ1) is 16.5. The molecule has 0 heterocycles.